The molecule has 0 saturated carbocycles. The summed E-state index contributed by atoms with van der Waals surface area (Å²) in [4.78, 5) is 20.2. The summed E-state index contributed by atoms with van der Waals surface area (Å²) in [6.45, 7) is 6.17. The van der Waals surface area contributed by atoms with Crippen molar-refractivity contribution < 1.29 is 18.8 Å². The molecule has 2 aliphatic rings. The highest BCUT2D eigenvalue weighted by Crippen LogP contribution is 2.41. The number of ether oxygens (including phenoxy) is 2. The normalized spacial score (nSPS) is 21.3. The van der Waals surface area contributed by atoms with Crippen LogP contribution in [0.3, 0.4) is 0 Å². The van der Waals surface area contributed by atoms with Crippen molar-refractivity contribution in [1.29, 1.82) is 0 Å². The fraction of sp³-hybridized carbons (Fsp3) is 0.444. The van der Waals surface area contributed by atoms with E-state index >= 15 is 0 Å². The first-order chi connectivity index (χ1) is 17.3. The van der Waals surface area contributed by atoms with Crippen LogP contribution in [-0.2, 0) is 11.3 Å². The van der Waals surface area contributed by atoms with Crippen molar-refractivity contribution in [2.24, 2.45) is 5.92 Å². The summed E-state index contributed by atoms with van der Waals surface area (Å²) in [6, 6.07) is 13.5. The van der Waals surface area contributed by atoms with Gasteiger partial charge in [0, 0.05) is 34.6 Å². The Morgan fingerprint density at radius 2 is 2.06 bits per heavy atom. The van der Waals surface area contributed by atoms with Gasteiger partial charge in [0.25, 0.3) is 0 Å². The van der Waals surface area contributed by atoms with E-state index in [1.807, 2.05) is 56.3 Å². The first-order valence-corrected chi connectivity index (χ1v) is 13.1. The summed E-state index contributed by atoms with van der Waals surface area (Å²) in [5.41, 5.74) is 1.50. The average Bonchev–Trinajstić information content (AvgIpc) is 3.32. The van der Waals surface area contributed by atoms with Gasteiger partial charge in [0.15, 0.2) is 0 Å². The number of hydrogen-bond donors (Lipinski definition) is 1. The summed E-state index contributed by atoms with van der Waals surface area (Å²) in [6.07, 6.45) is 2.51. The molecule has 0 spiro atoms. The largest absolute Gasteiger partial charge is 0.497 e. The topological polar surface area (TPSA) is 89.7 Å². The highest BCUT2D eigenvalue weighted by molar-refractivity contribution is 9.10. The Kier molecular flexibility index (Phi) is 7.03. The van der Waals surface area contributed by atoms with Gasteiger partial charge in [-0.1, -0.05) is 21.1 Å². The molecule has 1 aromatic heterocycles. The van der Waals surface area contributed by atoms with Gasteiger partial charge in [0.2, 0.25) is 17.6 Å². The molecule has 190 valence electrons. The summed E-state index contributed by atoms with van der Waals surface area (Å²) in [7, 11) is 1.64. The number of rotatable bonds is 6. The molecule has 2 aromatic carbocycles. The van der Waals surface area contributed by atoms with Crippen molar-refractivity contribution in [3.05, 3.63) is 58.4 Å². The summed E-state index contributed by atoms with van der Waals surface area (Å²) >= 11 is 3.44. The van der Waals surface area contributed by atoms with Gasteiger partial charge in [-0.15, -0.1) is 0 Å². The van der Waals surface area contributed by atoms with Gasteiger partial charge in [-0.05, 0) is 69.6 Å². The zero-order valence-corrected chi connectivity index (χ0v) is 22.4. The van der Waals surface area contributed by atoms with E-state index in [-0.39, 0.29) is 23.5 Å². The Labute approximate surface area is 219 Å². The van der Waals surface area contributed by atoms with Crippen molar-refractivity contribution >= 4 is 21.8 Å². The van der Waals surface area contributed by atoms with E-state index in [1.54, 1.807) is 7.11 Å². The lowest BCUT2D eigenvalue weighted by atomic mass is 9.88. The fourth-order valence-corrected chi connectivity index (χ4v) is 5.28. The molecule has 8 nitrogen and oxygen atoms in total. The highest BCUT2D eigenvalue weighted by atomic mass is 79.9. The number of carbonyl (C=O) groups excluding carboxylic acids is 1. The quantitative estimate of drug-likeness (QED) is 0.451. The molecule has 0 radical (unpaired) electrons. The number of amides is 1. The van der Waals surface area contributed by atoms with Crippen LogP contribution in [0.15, 0.2) is 51.5 Å². The molecular weight excluding hydrogens is 524 g/mol. The molecule has 2 aliphatic heterocycles. The smallest absolute Gasteiger partial charge is 0.241 e. The van der Waals surface area contributed by atoms with E-state index in [4.69, 9.17) is 14.0 Å². The number of nitrogens with zero attached hydrogens (tertiary/aromatic N) is 3. The van der Waals surface area contributed by atoms with Crippen molar-refractivity contribution in [2.45, 2.75) is 51.3 Å². The maximum absolute atomic E-state index is 13.4. The van der Waals surface area contributed by atoms with Crippen LogP contribution in [0.2, 0.25) is 0 Å². The molecule has 2 atom stereocenters. The monoisotopic (exact) mass is 554 g/mol. The van der Waals surface area contributed by atoms with Gasteiger partial charge in [-0.25, -0.2) is 0 Å². The third-order valence-electron chi connectivity index (χ3n) is 6.80. The number of benzene rings is 2. The Balaban J connectivity index is 1.23. The molecule has 1 fully saturated rings. The number of methoxy groups -OCH3 is 1. The minimum absolute atomic E-state index is 0.0743. The zero-order chi connectivity index (χ0) is 25.3. The van der Waals surface area contributed by atoms with Crippen LogP contribution < -0.4 is 14.8 Å². The van der Waals surface area contributed by atoms with Gasteiger partial charge in [-0.2, -0.15) is 4.98 Å². The number of hydrogen-bond acceptors (Lipinski definition) is 7. The molecule has 2 unspecified atom stereocenters. The first kappa shape index (κ1) is 24.8. The van der Waals surface area contributed by atoms with E-state index in [0.29, 0.717) is 31.2 Å². The minimum Gasteiger partial charge on any atom is -0.497 e. The van der Waals surface area contributed by atoms with Crippen LogP contribution in [0, 0.1) is 5.92 Å². The van der Waals surface area contributed by atoms with Crippen molar-refractivity contribution in [3.8, 4) is 22.9 Å². The van der Waals surface area contributed by atoms with E-state index < -0.39 is 0 Å². The molecule has 0 bridgehead atoms. The molecule has 3 aromatic rings. The SMILES string of the molecule is COc1ccc2c(c1)OC(C)(C)CC2NC(=O)C1CCCN(Cc2nc(-c3ccc(Br)cc3)no2)C1. The molecule has 5 rings (SSSR count). The lowest BCUT2D eigenvalue weighted by Gasteiger charge is -2.39. The number of halogens is 1. The van der Waals surface area contributed by atoms with Gasteiger partial charge < -0.3 is 19.3 Å². The van der Waals surface area contributed by atoms with Crippen LogP contribution in [0.4, 0.5) is 0 Å². The lowest BCUT2D eigenvalue weighted by Crippen LogP contribution is -2.46. The Morgan fingerprint density at radius 3 is 2.83 bits per heavy atom. The number of fused-ring (bicyclic) bond motifs is 1. The van der Waals surface area contributed by atoms with E-state index in [9.17, 15) is 4.79 Å². The van der Waals surface area contributed by atoms with Gasteiger partial charge in [0.05, 0.1) is 25.6 Å². The number of piperidine rings is 1. The molecule has 3 heterocycles. The molecule has 36 heavy (non-hydrogen) atoms. The number of likely N-dealkylation sites (tertiary alicyclic amines) is 1. The fourth-order valence-electron chi connectivity index (χ4n) is 5.02. The van der Waals surface area contributed by atoms with Crippen LogP contribution >= 0.6 is 15.9 Å². The summed E-state index contributed by atoms with van der Waals surface area (Å²) in [5, 5.41) is 7.44. The molecule has 0 aliphatic carbocycles. The Morgan fingerprint density at radius 1 is 1.25 bits per heavy atom. The maximum Gasteiger partial charge on any atom is 0.241 e. The molecule has 1 N–H and O–H groups in total. The number of aromatic nitrogens is 2. The summed E-state index contributed by atoms with van der Waals surface area (Å²) < 4.78 is 18.0. The highest BCUT2D eigenvalue weighted by Gasteiger charge is 2.36. The first-order valence-electron chi connectivity index (χ1n) is 12.3. The van der Waals surface area contributed by atoms with E-state index in [1.165, 1.54) is 0 Å². The van der Waals surface area contributed by atoms with Crippen LogP contribution in [0.25, 0.3) is 11.4 Å². The lowest BCUT2D eigenvalue weighted by molar-refractivity contribution is -0.128. The second-order valence-corrected chi connectivity index (χ2v) is 11.0. The Hall–Kier alpha value is -2.91. The number of carbonyl (C=O) groups is 1. The Bertz CT molecular complexity index is 1230. The van der Waals surface area contributed by atoms with Crippen molar-refractivity contribution in [3.63, 3.8) is 0 Å². The molecule has 1 amide bonds. The predicted octanol–water partition coefficient (Wildman–Crippen LogP) is 5.14. The second kappa shape index (κ2) is 10.2. The van der Waals surface area contributed by atoms with E-state index in [2.05, 4.69) is 36.3 Å². The zero-order valence-electron chi connectivity index (χ0n) is 20.8. The van der Waals surface area contributed by atoms with Gasteiger partial charge in [0.1, 0.15) is 17.1 Å². The standard InChI is InChI=1S/C27H31BrN4O4/c1-27(2)14-22(21-11-10-20(34-3)13-23(21)35-27)29-26(33)18-5-4-12-32(15-18)16-24-30-25(31-36-24)17-6-8-19(28)9-7-17/h6-11,13,18,22H,4-5,12,14-16H2,1-3H3,(H,29,33). The van der Waals surface area contributed by atoms with Crippen molar-refractivity contribution in [1.82, 2.24) is 20.4 Å². The van der Waals surface area contributed by atoms with Crippen LogP contribution in [-0.4, -0.2) is 46.7 Å². The van der Waals surface area contributed by atoms with Gasteiger partial charge in [-0.3, -0.25) is 9.69 Å². The van der Waals surface area contributed by atoms with Crippen molar-refractivity contribution in [2.75, 3.05) is 20.2 Å². The predicted molar refractivity (Wildman–Crippen MR) is 139 cm³/mol. The van der Waals surface area contributed by atoms with E-state index in [0.717, 1.165) is 46.5 Å². The third kappa shape index (κ3) is 5.57. The molecule has 1 saturated heterocycles. The van der Waals surface area contributed by atoms with Gasteiger partial charge >= 0.3 is 0 Å². The summed E-state index contributed by atoms with van der Waals surface area (Å²) in [5.74, 6) is 2.61. The minimum atomic E-state index is -0.388. The maximum atomic E-state index is 13.4. The molecular formula is C27H31BrN4O4. The third-order valence-corrected chi connectivity index (χ3v) is 7.33. The average molecular weight is 555 g/mol. The van der Waals surface area contributed by atoms with Crippen LogP contribution in [0.1, 0.15) is 50.6 Å². The molecule has 9 heteroatoms. The van der Waals surface area contributed by atoms with Crippen LogP contribution in [0.5, 0.6) is 11.5 Å². The second-order valence-electron chi connectivity index (χ2n) is 10.1. The number of nitrogens with one attached hydrogen (secondary N) is 1.